The number of nitrogens with one attached hydrogen (secondary N) is 1. The van der Waals surface area contributed by atoms with Gasteiger partial charge in [0, 0.05) is 40.6 Å². The second-order valence-corrected chi connectivity index (χ2v) is 10.1. The quantitative estimate of drug-likeness (QED) is 0.264. The minimum atomic E-state index is -4.50. The lowest BCUT2D eigenvalue weighted by molar-refractivity contribution is -0.137. The van der Waals surface area contributed by atoms with Crippen LogP contribution in [-0.4, -0.2) is 46.8 Å². The van der Waals surface area contributed by atoms with E-state index in [4.69, 9.17) is 0 Å². The Morgan fingerprint density at radius 2 is 1.43 bits per heavy atom. The number of carboxylic acids is 1. The number of carbonyl (C=O) groups is 4. The van der Waals surface area contributed by atoms with Crippen LogP contribution < -0.4 is 5.32 Å². The number of hydrogen-bond acceptors (Lipinski definition) is 4. The molecule has 4 aromatic carbocycles. The number of hydrogen-bond donors (Lipinski definition) is 2. The highest BCUT2D eigenvalue weighted by molar-refractivity contribution is 6.29. The molecule has 0 aromatic heterocycles. The number of carboxylic acid groups (broad SMARTS) is 1. The summed E-state index contributed by atoms with van der Waals surface area (Å²) in [5.74, 6) is -3.22. The molecule has 0 spiro atoms. The zero-order valence-electron chi connectivity index (χ0n) is 22.4. The number of carbonyl (C=O) groups excluding carboxylic acids is 3. The molecule has 0 atom stereocenters. The third-order valence-corrected chi connectivity index (χ3v) is 7.25. The summed E-state index contributed by atoms with van der Waals surface area (Å²) < 4.78 is 39.1. The van der Waals surface area contributed by atoms with Gasteiger partial charge in [-0.25, -0.2) is 4.79 Å². The maximum Gasteiger partial charge on any atom is 0.416 e. The molecule has 0 bridgehead atoms. The fourth-order valence-electron chi connectivity index (χ4n) is 5.23. The molecule has 1 heterocycles. The van der Waals surface area contributed by atoms with Gasteiger partial charge < -0.3 is 10.4 Å². The van der Waals surface area contributed by atoms with Crippen molar-refractivity contribution in [2.75, 3.05) is 13.1 Å². The van der Waals surface area contributed by atoms with Gasteiger partial charge in [0.05, 0.1) is 11.1 Å². The lowest BCUT2D eigenvalue weighted by Gasteiger charge is -2.28. The number of imide groups is 1. The van der Waals surface area contributed by atoms with Crippen LogP contribution in [0.5, 0.6) is 0 Å². The molecule has 1 aliphatic rings. The summed E-state index contributed by atoms with van der Waals surface area (Å²) in [5.41, 5.74) is 1.43. The average molecular weight is 575 g/mol. The van der Waals surface area contributed by atoms with Gasteiger partial charge in [-0.05, 0) is 61.2 Å². The lowest BCUT2D eigenvalue weighted by atomic mass is 9.88. The Balaban J connectivity index is 1.43. The van der Waals surface area contributed by atoms with Gasteiger partial charge in [-0.1, -0.05) is 48.0 Å². The van der Waals surface area contributed by atoms with E-state index < -0.39 is 35.4 Å². The zero-order chi connectivity index (χ0) is 30.2. The van der Waals surface area contributed by atoms with Gasteiger partial charge in [0.25, 0.3) is 17.7 Å². The second kappa shape index (κ2) is 11.1. The van der Waals surface area contributed by atoms with Crippen LogP contribution >= 0.6 is 0 Å². The zero-order valence-corrected chi connectivity index (χ0v) is 22.4. The topological polar surface area (TPSA) is 104 Å². The molecule has 0 saturated heterocycles. The number of alkyl halides is 3. The largest absolute Gasteiger partial charge is 0.478 e. The molecule has 0 aliphatic carbocycles. The first-order valence-electron chi connectivity index (χ1n) is 13.1. The molecule has 10 heteroatoms. The van der Waals surface area contributed by atoms with Crippen LogP contribution in [0.15, 0.2) is 72.8 Å². The summed E-state index contributed by atoms with van der Waals surface area (Å²) in [5, 5.41) is 12.5. The molecule has 214 valence electrons. The molecule has 0 unspecified atom stereocenters. The molecular formula is C32H25F3N2O5. The van der Waals surface area contributed by atoms with Crippen LogP contribution in [0.2, 0.25) is 0 Å². The summed E-state index contributed by atoms with van der Waals surface area (Å²) in [4.78, 5) is 53.4. The molecular weight excluding hydrogens is 549 g/mol. The van der Waals surface area contributed by atoms with Crippen LogP contribution in [0.25, 0.3) is 10.8 Å². The van der Waals surface area contributed by atoms with Gasteiger partial charge in [-0.2, -0.15) is 13.2 Å². The van der Waals surface area contributed by atoms with Crippen molar-refractivity contribution in [3.63, 3.8) is 0 Å². The first kappa shape index (κ1) is 28.5. The first-order chi connectivity index (χ1) is 20.0. The number of rotatable bonds is 8. The van der Waals surface area contributed by atoms with Crippen LogP contribution in [0.4, 0.5) is 13.2 Å². The molecule has 0 saturated carbocycles. The molecule has 42 heavy (non-hydrogen) atoms. The Morgan fingerprint density at radius 1 is 0.810 bits per heavy atom. The lowest BCUT2D eigenvalue weighted by Crippen LogP contribution is -2.41. The van der Waals surface area contributed by atoms with E-state index in [9.17, 15) is 37.5 Å². The van der Waals surface area contributed by atoms with E-state index in [2.05, 4.69) is 5.32 Å². The van der Waals surface area contributed by atoms with Gasteiger partial charge in [0.2, 0.25) is 0 Å². The predicted octanol–water partition coefficient (Wildman–Crippen LogP) is 5.68. The highest BCUT2D eigenvalue weighted by Crippen LogP contribution is 2.35. The normalized spacial score (nSPS) is 13.0. The van der Waals surface area contributed by atoms with E-state index >= 15 is 0 Å². The minimum Gasteiger partial charge on any atom is -0.478 e. The monoisotopic (exact) mass is 574 g/mol. The third kappa shape index (κ3) is 5.47. The first-order valence-corrected chi connectivity index (χ1v) is 13.1. The molecule has 7 nitrogen and oxygen atoms in total. The summed E-state index contributed by atoms with van der Waals surface area (Å²) >= 11 is 0. The fraction of sp³-hybridized carbons (Fsp3) is 0.188. The van der Waals surface area contributed by atoms with Gasteiger partial charge >= 0.3 is 12.1 Å². The smallest absolute Gasteiger partial charge is 0.416 e. The van der Waals surface area contributed by atoms with E-state index in [1.54, 1.807) is 0 Å². The van der Waals surface area contributed by atoms with Crippen molar-refractivity contribution in [2.45, 2.75) is 25.9 Å². The van der Waals surface area contributed by atoms with E-state index in [1.807, 2.05) is 31.2 Å². The van der Waals surface area contributed by atoms with Crippen molar-refractivity contribution in [3.8, 4) is 0 Å². The maximum atomic E-state index is 13.5. The maximum absolute atomic E-state index is 13.5. The summed E-state index contributed by atoms with van der Waals surface area (Å²) in [6.45, 7) is 2.02. The predicted molar refractivity (Wildman–Crippen MR) is 149 cm³/mol. The number of aromatic carboxylic acids is 1. The van der Waals surface area contributed by atoms with Gasteiger partial charge in [0.15, 0.2) is 0 Å². The molecule has 5 rings (SSSR count). The molecule has 4 aromatic rings. The number of benzene rings is 4. The number of halogens is 3. The standard InChI is InChI=1S/C32H25F3N2O5/c1-18-4-2-5-20(16-18)13-15-37-29(39)23-9-8-22(26-25(31(41)42)11-10-24(27(23)26)30(37)40)28(38)36-14-12-19-6-3-7-21(17-19)32(33,34)35/h2-11,16-17H,12-15H2,1H3,(H,36,38)(H,41,42). The Hall–Kier alpha value is -4.99. The number of aryl methyl sites for hydroxylation is 1. The van der Waals surface area contributed by atoms with Gasteiger partial charge in [-0.3, -0.25) is 19.3 Å². The van der Waals surface area contributed by atoms with Crippen LogP contribution in [-0.2, 0) is 19.0 Å². The van der Waals surface area contributed by atoms with Gasteiger partial charge in [0.1, 0.15) is 0 Å². The molecule has 0 radical (unpaired) electrons. The van der Waals surface area contributed by atoms with Gasteiger partial charge in [-0.15, -0.1) is 0 Å². The van der Waals surface area contributed by atoms with E-state index in [0.717, 1.165) is 28.2 Å². The van der Waals surface area contributed by atoms with Crippen LogP contribution in [0.3, 0.4) is 0 Å². The second-order valence-electron chi connectivity index (χ2n) is 10.1. The molecule has 3 amide bonds. The highest BCUT2D eigenvalue weighted by Gasteiger charge is 2.35. The van der Waals surface area contributed by atoms with Crippen molar-refractivity contribution >= 4 is 34.5 Å². The highest BCUT2D eigenvalue weighted by atomic mass is 19.4. The average Bonchev–Trinajstić information content (AvgIpc) is 2.95. The number of nitrogens with zero attached hydrogens (tertiary/aromatic N) is 1. The van der Waals surface area contributed by atoms with Crippen molar-refractivity contribution < 1.29 is 37.5 Å². The summed E-state index contributed by atoms with van der Waals surface area (Å²) in [6, 6.07) is 17.7. The van der Waals surface area contributed by atoms with Crippen molar-refractivity contribution in [1.29, 1.82) is 0 Å². The fourth-order valence-corrected chi connectivity index (χ4v) is 5.23. The Labute approximate surface area is 238 Å². The Kier molecular flexibility index (Phi) is 7.55. The van der Waals surface area contributed by atoms with E-state index in [-0.39, 0.29) is 52.5 Å². The molecule has 2 N–H and O–H groups in total. The van der Waals surface area contributed by atoms with E-state index in [0.29, 0.717) is 12.0 Å². The van der Waals surface area contributed by atoms with Crippen molar-refractivity contribution in [3.05, 3.63) is 117 Å². The Bertz CT molecular complexity index is 1740. The van der Waals surface area contributed by atoms with E-state index in [1.165, 1.54) is 36.4 Å². The SMILES string of the molecule is Cc1cccc(CCN2C(=O)c3ccc(C(=O)O)c4c(C(=O)NCCc5cccc(C(F)(F)F)c5)ccc(c34)C2=O)c1. The molecule has 0 fully saturated rings. The van der Waals surface area contributed by atoms with Crippen LogP contribution in [0.1, 0.15) is 63.7 Å². The Morgan fingerprint density at radius 3 is 2.05 bits per heavy atom. The summed E-state index contributed by atoms with van der Waals surface area (Å²) in [7, 11) is 0. The number of amides is 3. The van der Waals surface area contributed by atoms with Crippen molar-refractivity contribution in [2.24, 2.45) is 0 Å². The minimum absolute atomic E-state index is 0.0317. The molecule has 1 aliphatic heterocycles. The van der Waals surface area contributed by atoms with Crippen molar-refractivity contribution in [1.82, 2.24) is 10.2 Å². The third-order valence-electron chi connectivity index (χ3n) is 7.25. The summed E-state index contributed by atoms with van der Waals surface area (Å²) in [6.07, 6.45) is -3.98. The van der Waals surface area contributed by atoms with Crippen LogP contribution in [0, 0.1) is 6.92 Å².